The molecule has 130 valence electrons. The molecule has 1 aliphatic heterocycles. The van der Waals surface area contributed by atoms with E-state index in [-0.39, 0.29) is 19.2 Å². The number of nitrogens with one attached hydrogen (secondary N) is 1. The molecule has 0 saturated carbocycles. The number of ether oxygens (including phenoxy) is 2. The van der Waals surface area contributed by atoms with Gasteiger partial charge in [-0.3, -0.25) is 4.79 Å². The van der Waals surface area contributed by atoms with E-state index in [1.54, 1.807) is 12.1 Å². The Balaban J connectivity index is 1.34. The van der Waals surface area contributed by atoms with Crippen LogP contribution in [0, 0.1) is 0 Å². The molecule has 0 saturated heterocycles. The van der Waals surface area contributed by atoms with Crippen molar-refractivity contribution < 1.29 is 14.3 Å². The maximum atomic E-state index is 11.9. The molecule has 1 N–H and O–H groups in total. The summed E-state index contributed by atoms with van der Waals surface area (Å²) in [7, 11) is 0. The van der Waals surface area contributed by atoms with Gasteiger partial charge < -0.3 is 9.47 Å². The van der Waals surface area contributed by atoms with Crippen molar-refractivity contribution in [2.45, 2.75) is 6.54 Å². The molecule has 9 heteroatoms. The molecule has 0 radical (unpaired) electrons. The van der Waals surface area contributed by atoms with Crippen LogP contribution in [0.4, 0.5) is 0 Å². The Kier molecular flexibility index (Phi) is 4.25. The van der Waals surface area contributed by atoms with E-state index in [4.69, 9.17) is 9.47 Å². The minimum Gasteiger partial charge on any atom is -0.454 e. The van der Waals surface area contributed by atoms with E-state index in [9.17, 15) is 4.79 Å². The number of aromatic nitrogens is 4. The molecule has 0 spiro atoms. The van der Waals surface area contributed by atoms with Crippen molar-refractivity contribution in [3.63, 3.8) is 0 Å². The fourth-order valence-corrected chi connectivity index (χ4v) is 2.35. The van der Waals surface area contributed by atoms with Crippen LogP contribution in [0.2, 0.25) is 0 Å². The second-order valence-corrected chi connectivity index (χ2v) is 5.42. The van der Waals surface area contributed by atoms with Crippen LogP contribution in [-0.2, 0) is 11.3 Å². The number of carbonyl (C=O) groups is 1. The normalized spacial score (nSPS) is 12.5. The summed E-state index contributed by atoms with van der Waals surface area (Å²) in [5, 5.41) is 15.9. The van der Waals surface area contributed by atoms with E-state index in [0.29, 0.717) is 17.3 Å². The molecule has 4 rings (SSSR count). The number of hydrazone groups is 1. The lowest BCUT2D eigenvalue weighted by Crippen LogP contribution is -2.24. The number of hydrogen-bond acceptors (Lipinski definition) is 7. The predicted molar refractivity (Wildman–Crippen MR) is 91.6 cm³/mol. The van der Waals surface area contributed by atoms with Gasteiger partial charge in [-0.05, 0) is 29.0 Å². The number of amides is 1. The number of carbonyl (C=O) groups excluding carboxylic acids is 1. The van der Waals surface area contributed by atoms with Crippen molar-refractivity contribution in [1.29, 1.82) is 0 Å². The molecule has 1 amide bonds. The summed E-state index contributed by atoms with van der Waals surface area (Å²) in [6.45, 7) is 0.126. The van der Waals surface area contributed by atoms with Gasteiger partial charge in [-0.25, -0.2) is 5.43 Å². The number of hydrogen-bond donors (Lipinski definition) is 1. The van der Waals surface area contributed by atoms with Crippen molar-refractivity contribution in [1.82, 2.24) is 25.6 Å². The predicted octanol–water partition coefficient (Wildman–Crippen LogP) is 1.22. The number of tetrazole rings is 1. The summed E-state index contributed by atoms with van der Waals surface area (Å²) in [6, 6.07) is 14.8. The van der Waals surface area contributed by atoms with Gasteiger partial charge in [-0.1, -0.05) is 30.3 Å². The Morgan fingerprint density at radius 1 is 1.19 bits per heavy atom. The summed E-state index contributed by atoms with van der Waals surface area (Å²) in [5.41, 5.74) is 4.04. The highest BCUT2D eigenvalue weighted by Crippen LogP contribution is 2.31. The summed E-state index contributed by atoms with van der Waals surface area (Å²) in [4.78, 5) is 13.2. The van der Waals surface area contributed by atoms with E-state index in [1.807, 2.05) is 36.4 Å². The Morgan fingerprint density at radius 3 is 2.92 bits per heavy atom. The number of nitrogens with zero attached hydrogens (tertiary/aromatic N) is 5. The standard InChI is InChI=1S/C17H14N6O3/c24-16(10-23-21-17(20-22-23)13-4-2-1-3-5-13)19-18-9-12-6-7-14-15(8-12)26-11-25-14/h1-9H,10-11H2,(H,19,24)/b18-9+. The highest BCUT2D eigenvalue weighted by atomic mass is 16.7. The van der Waals surface area contributed by atoms with E-state index >= 15 is 0 Å². The molecule has 0 bridgehead atoms. The van der Waals surface area contributed by atoms with Crippen molar-refractivity contribution in [3.05, 3.63) is 54.1 Å². The minimum absolute atomic E-state index is 0.0850. The molecule has 3 aromatic rings. The van der Waals surface area contributed by atoms with E-state index < -0.39 is 0 Å². The summed E-state index contributed by atoms with van der Waals surface area (Å²) in [6.07, 6.45) is 1.52. The quantitative estimate of drug-likeness (QED) is 0.548. The van der Waals surface area contributed by atoms with Gasteiger partial charge in [0, 0.05) is 5.56 Å². The first kappa shape index (κ1) is 15.8. The molecule has 2 heterocycles. The van der Waals surface area contributed by atoms with Gasteiger partial charge in [-0.15, -0.1) is 10.2 Å². The molecule has 26 heavy (non-hydrogen) atoms. The number of benzene rings is 2. The zero-order chi connectivity index (χ0) is 17.8. The monoisotopic (exact) mass is 350 g/mol. The Labute approximate surface area is 148 Å². The summed E-state index contributed by atoms with van der Waals surface area (Å²) in [5.74, 6) is 1.44. The third-order valence-electron chi connectivity index (χ3n) is 3.57. The van der Waals surface area contributed by atoms with Crippen LogP contribution < -0.4 is 14.9 Å². The smallest absolute Gasteiger partial charge is 0.263 e. The SMILES string of the molecule is O=C(Cn1nnc(-c2ccccc2)n1)N/N=C/c1ccc2c(c1)OCO2. The average molecular weight is 350 g/mol. The highest BCUT2D eigenvalue weighted by Gasteiger charge is 2.12. The maximum Gasteiger partial charge on any atom is 0.263 e. The van der Waals surface area contributed by atoms with Crippen LogP contribution in [0.25, 0.3) is 11.4 Å². The zero-order valence-electron chi connectivity index (χ0n) is 13.6. The van der Waals surface area contributed by atoms with E-state index in [0.717, 1.165) is 11.1 Å². The molecule has 1 aliphatic rings. The molecule has 0 unspecified atom stereocenters. The first-order valence-corrected chi connectivity index (χ1v) is 7.83. The molecule has 0 aliphatic carbocycles. The molecule has 2 aromatic carbocycles. The maximum absolute atomic E-state index is 11.9. The molecule has 0 fully saturated rings. The first-order chi connectivity index (χ1) is 12.8. The molecule has 0 atom stereocenters. The van der Waals surface area contributed by atoms with Crippen LogP contribution in [0.5, 0.6) is 11.5 Å². The van der Waals surface area contributed by atoms with Crippen LogP contribution in [0.1, 0.15) is 5.56 Å². The fraction of sp³-hybridized carbons (Fsp3) is 0.118. The third-order valence-corrected chi connectivity index (χ3v) is 3.57. The lowest BCUT2D eigenvalue weighted by molar-refractivity contribution is -0.122. The van der Waals surface area contributed by atoms with Gasteiger partial charge >= 0.3 is 0 Å². The minimum atomic E-state index is -0.362. The van der Waals surface area contributed by atoms with Crippen LogP contribution in [0.3, 0.4) is 0 Å². The average Bonchev–Trinajstić information content (AvgIpc) is 3.31. The second-order valence-electron chi connectivity index (χ2n) is 5.42. The topological polar surface area (TPSA) is 104 Å². The Hall–Kier alpha value is -3.75. The van der Waals surface area contributed by atoms with Gasteiger partial charge in [0.25, 0.3) is 5.91 Å². The largest absolute Gasteiger partial charge is 0.454 e. The van der Waals surface area contributed by atoms with Gasteiger partial charge in [0.1, 0.15) is 6.54 Å². The van der Waals surface area contributed by atoms with Gasteiger partial charge in [-0.2, -0.15) is 9.90 Å². The van der Waals surface area contributed by atoms with Gasteiger partial charge in [0.2, 0.25) is 12.6 Å². The van der Waals surface area contributed by atoms with Gasteiger partial charge in [0.05, 0.1) is 6.21 Å². The van der Waals surface area contributed by atoms with E-state index in [2.05, 4.69) is 25.9 Å². The number of fused-ring (bicyclic) bond motifs is 1. The van der Waals surface area contributed by atoms with Crippen molar-refractivity contribution in [2.24, 2.45) is 5.10 Å². The van der Waals surface area contributed by atoms with Gasteiger partial charge in [0.15, 0.2) is 11.5 Å². The lowest BCUT2D eigenvalue weighted by atomic mass is 10.2. The van der Waals surface area contributed by atoms with Crippen LogP contribution >= 0.6 is 0 Å². The fourth-order valence-electron chi connectivity index (χ4n) is 2.35. The second kappa shape index (κ2) is 7.01. The molecule has 1 aromatic heterocycles. The van der Waals surface area contributed by atoms with Crippen LogP contribution in [-0.4, -0.2) is 39.1 Å². The Morgan fingerprint density at radius 2 is 2.04 bits per heavy atom. The van der Waals surface area contributed by atoms with Crippen molar-refractivity contribution in [3.8, 4) is 22.9 Å². The summed E-state index contributed by atoms with van der Waals surface area (Å²) >= 11 is 0. The highest BCUT2D eigenvalue weighted by molar-refractivity contribution is 5.83. The summed E-state index contributed by atoms with van der Waals surface area (Å²) < 4.78 is 10.5. The van der Waals surface area contributed by atoms with Crippen molar-refractivity contribution >= 4 is 12.1 Å². The first-order valence-electron chi connectivity index (χ1n) is 7.83. The number of rotatable bonds is 5. The van der Waals surface area contributed by atoms with E-state index in [1.165, 1.54) is 11.0 Å². The molecular formula is C17H14N6O3. The third kappa shape index (κ3) is 3.51. The Bertz CT molecular complexity index is 954. The zero-order valence-corrected chi connectivity index (χ0v) is 13.6. The molecule has 9 nitrogen and oxygen atoms in total. The van der Waals surface area contributed by atoms with Crippen molar-refractivity contribution in [2.75, 3.05) is 6.79 Å². The molecular weight excluding hydrogens is 336 g/mol. The lowest BCUT2D eigenvalue weighted by Gasteiger charge is -1.99. The van der Waals surface area contributed by atoms with Crippen LogP contribution in [0.15, 0.2) is 53.6 Å².